The maximum absolute atomic E-state index is 5.41. The second kappa shape index (κ2) is 8.07. The van der Waals surface area contributed by atoms with E-state index in [1.807, 2.05) is 0 Å². The molecule has 172 valence electrons. The number of amidine groups is 1. The summed E-state index contributed by atoms with van der Waals surface area (Å²) in [5.74, 6) is 1.10. The quantitative estimate of drug-likeness (QED) is 0.270. The van der Waals surface area contributed by atoms with Crippen LogP contribution in [0.25, 0.3) is 0 Å². The summed E-state index contributed by atoms with van der Waals surface area (Å²) in [6.07, 6.45) is 0. The van der Waals surface area contributed by atoms with E-state index in [-0.39, 0.29) is 0 Å². The summed E-state index contributed by atoms with van der Waals surface area (Å²) in [5, 5.41) is 0. The minimum absolute atomic E-state index is 0.482. The Bertz CT molecular complexity index is 1460. The maximum atomic E-state index is 5.41. The molecule has 2 heterocycles. The number of hydrogen-bond acceptors (Lipinski definition) is 2. The Kier molecular flexibility index (Phi) is 4.68. The van der Waals surface area contributed by atoms with Crippen LogP contribution in [-0.2, 0) is 17.5 Å². The summed E-state index contributed by atoms with van der Waals surface area (Å²) in [6, 6.07) is 52.4. The molecule has 0 radical (unpaired) electrons. The normalized spacial score (nSPS) is 16.8. The highest BCUT2D eigenvalue weighted by molar-refractivity contribution is 6.09. The maximum Gasteiger partial charge on any atom is 0.125 e. The van der Waals surface area contributed by atoms with Gasteiger partial charge in [-0.3, -0.25) is 0 Å². The van der Waals surface area contributed by atoms with Crippen LogP contribution in [0.5, 0.6) is 0 Å². The Morgan fingerprint density at radius 2 is 0.889 bits per heavy atom. The summed E-state index contributed by atoms with van der Waals surface area (Å²) in [5.41, 5.74) is 6.36. The molecule has 5 aromatic rings. The fourth-order valence-electron chi connectivity index (χ4n) is 6.54. The first-order valence-corrected chi connectivity index (χ1v) is 12.5. The van der Waals surface area contributed by atoms with Crippen molar-refractivity contribution in [1.29, 1.82) is 0 Å². The first kappa shape index (κ1) is 20.9. The Morgan fingerprint density at radius 3 is 1.39 bits per heavy atom. The van der Waals surface area contributed by atoms with Gasteiger partial charge in [0.2, 0.25) is 0 Å². The van der Waals surface area contributed by atoms with Crippen LogP contribution in [0.4, 0.5) is 5.69 Å². The topological polar surface area (TPSA) is 15.6 Å². The highest BCUT2D eigenvalue weighted by atomic mass is 15.4. The molecule has 36 heavy (non-hydrogen) atoms. The van der Waals surface area contributed by atoms with E-state index >= 15 is 0 Å². The Balaban J connectivity index is 1.67. The first-order valence-electron chi connectivity index (χ1n) is 12.5. The van der Waals surface area contributed by atoms with Crippen molar-refractivity contribution in [3.63, 3.8) is 0 Å². The minimum Gasteiger partial charge on any atom is -0.339 e. The lowest BCUT2D eigenvalue weighted by molar-refractivity contribution is 0.0704. The molecule has 2 nitrogen and oxygen atoms in total. The molecule has 0 aromatic heterocycles. The number of fused-ring (bicyclic) bond motifs is 2. The zero-order chi connectivity index (χ0) is 24.0. The molecule has 2 aliphatic heterocycles. The summed E-state index contributed by atoms with van der Waals surface area (Å²) >= 11 is 0. The minimum atomic E-state index is -0.508. The van der Waals surface area contributed by atoms with Gasteiger partial charge < -0.3 is 4.90 Å². The standard InChI is InChI=1S/C34H26N2/c1-5-16-27(17-6-1)33(28-18-7-2-8-19-28)32-35-31-24-14-13-15-26(31)25-36(32)34(33,29-20-9-3-10-21-29)30-22-11-4-12-23-30/h1-24H,25H2. The number of hydrogen-bond donors (Lipinski definition) is 0. The van der Waals surface area contributed by atoms with E-state index in [0.29, 0.717) is 0 Å². The average Bonchev–Trinajstić information content (AvgIpc) is 2.96. The summed E-state index contributed by atoms with van der Waals surface area (Å²) in [4.78, 5) is 7.95. The number of benzene rings is 5. The third-order valence-electron chi connectivity index (χ3n) is 7.88. The van der Waals surface area contributed by atoms with Gasteiger partial charge in [0.25, 0.3) is 0 Å². The van der Waals surface area contributed by atoms with Gasteiger partial charge in [-0.1, -0.05) is 140 Å². The van der Waals surface area contributed by atoms with E-state index in [2.05, 4.69) is 150 Å². The molecule has 2 aliphatic rings. The molecular formula is C34H26N2. The van der Waals surface area contributed by atoms with Crippen LogP contribution in [-0.4, -0.2) is 10.7 Å². The van der Waals surface area contributed by atoms with Gasteiger partial charge in [0, 0.05) is 6.54 Å². The largest absolute Gasteiger partial charge is 0.339 e. The number of para-hydroxylation sites is 1. The zero-order valence-corrected chi connectivity index (χ0v) is 20.0. The molecular weight excluding hydrogens is 436 g/mol. The smallest absolute Gasteiger partial charge is 0.125 e. The average molecular weight is 463 g/mol. The molecule has 1 fully saturated rings. The summed E-state index contributed by atoms with van der Waals surface area (Å²) < 4.78 is 0. The van der Waals surface area contributed by atoms with Gasteiger partial charge >= 0.3 is 0 Å². The van der Waals surface area contributed by atoms with Crippen LogP contribution in [0.2, 0.25) is 0 Å². The molecule has 0 saturated carbocycles. The molecule has 0 unspecified atom stereocenters. The Morgan fingerprint density at radius 1 is 0.472 bits per heavy atom. The lowest BCUT2D eigenvalue weighted by Crippen LogP contribution is -2.78. The van der Waals surface area contributed by atoms with Crippen molar-refractivity contribution in [3.05, 3.63) is 173 Å². The van der Waals surface area contributed by atoms with Gasteiger partial charge in [-0.25, -0.2) is 4.99 Å². The second-order valence-corrected chi connectivity index (χ2v) is 9.57. The molecule has 1 saturated heterocycles. The van der Waals surface area contributed by atoms with Crippen molar-refractivity contribution in [2.45, 2.75) is 17.5 Å². The molecule has 0 bridgehead atoms. The SMILES string of the molecule is c1ccc(C2(c3ccccc3)C3=Nc4ccccc4CN3C2(c2ccccc2)c2ccccc2)cc1. The van der Waals surface area contributed by atoms with Gasteiger partial charge in [0.1, 0.15) is 16.8 Å². The highest BCUT2D eigenvalue weighted by Crippen LogP contribution is 2.65. The van der Waals surface area contributed by atoms with Gasteiger partial charge in [-0.15, -0.1) is 0 Å². The molecule has 0 N–H and O–H groups in total. The monoisotopic (exact) mass is 462 g/mol. The van der Waals surface area contributed by atoms with Crippen LogP contribution in [0, 0.1) is 0 Å². The van der Waals surface area contributed by atoms with Crippen molar-refractivity contribution >= 4 is 11.5 Å². The van der Waals surface area contributed by atoms with Gasteiger partial charge in [-0.2, -0.15) is 0 Å². The van der Waals surface area contributed by atoms with Crippen LogP contribution in [0.15, 0.2) is 151 Å². The molecule has 5 aromatic carbocycles. The third kappa shape index (κ3) is 2.64. The molecule has 0 atom stereocenters. The van der Waals surface area contributed by atoms with Crippen LogP contribution < -0.4 is 0 Å². The van der Waals surface area contributed by atoms with Gasteiger partial charge in [0.05, 0.1) is 5.69 Å². The van der Waals surface area contributed by atoms with Crippen LogP contribution >= 0.6 is 0 Å². The third-order valence-corrected chi connectivity index (χ3v) is 7.88. The van der Waals surface area contributed by atoms with Crippen molar-refractivity contribution in [2.75, 3.05) is 0 Å². The fraction of sp³-hybridized carbons (Fsp3) is 0.0882. The Labute approximate surface area is 212 Å². The lowest BCUT2D eigenvalue weighted by atomic mass is 9.48. The first-order chi connectivity index (χ1) is 17.9. The van der Waals surface area contributed by atoms with E-state index in [1.165, 1.54) is 27.8 Å². The molecule has 0 spiro atoms. The van der Waals surface area contributed by atoms with E-state index in [9.17, 15) is 0 Å². The molecule has 2 heteroatoms. The number of aliphatic imine (C=N–C) groups is 1. The van der Waals surface area contributed by atoms with Crippen LogP contribution in [0.3, 0.4) is 0 Å². The van der Waals surface area contributed by atoms with E-state index in [0.717, 1.165) is 18.1 Å². The fourth-order valence-corrected chi connectivity index (χ4v) is 6.54. The van der Waals surface area contributed by atoms with Gasteiger partial charge in [-0.05, 0) is 33.9 Å². The lowest BCUT2D eigenvalue weighted by Gasteiger charge is -2.69. The highest BCUT2D eigenvalue weighted by Gasteiger charge is 2.72. The van der Waals surface area contributed by atoms with Crippen molar-refractivity contribution in [3.8, 4) is 0 Å². The van der Waals surface area contributed by atoms with E-state index < -0.39 is 11.0 Å². The van der Waals surface area contributed by atoms with E-state index in [4.69, 9.17) is 4.99 Å². The van der Waals surface area contributed by atoms with E-state index in [1.54, 1.807) is 0 Å². The van der Waals surface area contributed by atoms with Gasteiger partial charge in [0.15, 0.2) is 0 Å². The number of nitrogens with zero attached hydrogens (tertiary/aromatic N) is 2. The van der Waals surface area contributed by atoms with Crippen LogP contribution in [0.1, 0.15) is 27.8 Å². The summed E-state index contributed by atoms with van der Waals surface area (Å²) in [6.45, 7) is 0.806. The van der Waals surface area contributed by atoms with Crippen molar-refractivity contribution in [2.24, 2.45) is 4.99 Å². The molecule has 7 rings (SSSR count). The molecule has 0 amide bonds. The van der Waals surface area contributed by atoms with Crippen molar-refractivity contribution < 1.29 is 0 Å². The summed E-state index contributed by atoms with van der Waals surface area (Å²) in [7, 11) is 0. The predicted octanol–water partition coefficient (Wildman–Crippen LogP) is 7.48. The second-order valence-electron chi connectivity index (χ2n) is 9.57. The number of rotatable bonds is 4. The Hall–Kier alpha value is -4.43. The van der Waals surface area contributed by atoms with Crippen molar-refractivity contribution in [1.82, 2.24) is 4.90 Å². The predicted molar refractivity (Wildman–Crippen MR) is 146 cm³/mol. The molecule has 0 aliphatic carbocycles. The zero-order valence-electron chi connectivity index (χ0n) is 20.0.